The normalized spacial score (nSPS) is 19.1. The van der Waals surface area contributed by atoms with Crippen LogP contribution in [-0.2, 0) is 9.63 Å². The lowest BCUT2D eigenvalue weighted by Gasteiger charge is -2.30. The number of rotatable bonds is 6. The molecule has 2 aromatic heterocycles. The lowest BCUT2D eigenvalue weighted by molar-refractivity contribution is -0.222. The van der Waals surface area contributed by atoms with Crippen LogP contribution in [0.25, 0.3) is 11.3 Å². The molecule has 16 heteroatoms. The van der Waals surface area contributed by atoms with Gasteiger partial charge >= 0.3 is 18.0 Å². The van der Waals surface area contributed by atoms with Crippen molar-refractivity contribution < 1.29 is 32.2 Å². The standard InChI is InChI=1S/C23H20ClF3N8O4/c1-2-35(38-22(37)23(25,26)27)18-14(21(36)31-34-8-3-4-9-34)11-29-15(12-6-5-7-13(24)10-12)16(18)30-20(35)17-19(28)33-39-32-17/h5-7,10-11H,2-4,8-9H2,1H3,(H2-,28,31,33,36)/p+1. The number of benzene rings is 1. The number of hydrazine groups is 1. The molecule has 0 aliphatic carbocycles. The molecule has 5 rings (SSSR count). The Labute approximate surface area is 223 Å². The number of alkyl halides is 3. The van der Waals surface area contributed by atoms with Gasteiger partial charge in [0.1, 0.15) is 17.8 Å². The molecule has 1 unspecified atom stereocenters. The molecule has 0 radical (unpaired) electrons. The minimum atomic E-state index is -5.37. The summed E-state index contributed by atoms with van der Waals surface area (Å²) in [5, 5.41) is 9.21. The minimum Gasteiger partial charge on any atom is -0.379 e. The summed E-state index contributed by atoms with van der Waals surface area (Å²) in [6, 6.07) is 6.48. The lowest BCUT2D eigenvalue weighted by atomic mass is 10.1. The molecule has 0 bridgehead atoms. The van der Waals surface area contributed by atoms with Gasteiger partial charge in [-0.05, 0) is 46.9 Å². The Morgan fingerprint density at radius 2 is 1.97 bits per heavy atom. The average molecular weight is 566 g/mol. The predicted molar refractivity (Wildman–Crippen MR) is 132 cm³/mol. The van der Waals surface area contributed by atoms with Gasteiger partial charge in [0.05, 0.1) is 0 Å². The third kappa shape index (κ3) is 4.68. The van der Waals surface area contributed by atoms with Crippen LogP contribution in [0.4, 0.5) is 30.4 Å². The molecule has 204 valence electrons. The van der Waals surface area contributed by atoms with Crippen LogP contribution in [0.15, 0.2) is 40.1 Å². The first-order chi connectivity index (χ1) is 18.5. The molecule has 12 nitrogen and oxygen atoms in total. The van der Waals surface area contributed by atoms with Crippen molar-refractivity contribution in [2.24, 2.45) is 4.99 Å². The Kier molecular flexibility index (Phi) is 6.74. The fourth-order valence-corrected chi connectivity index (χ4v) is 4.72. The summed E-state index contributed by atoms with van der Waals surface area (Å²) in [5.41, 5.74) is 8.57. The SMILES string of the molecule is CC[N+]1(OC(=O)C(F)(F)F)C(c2nonc2N)=Nc2c(-c3cccc(Cl)c3)ncc(C(=O)NN3CCCC3)c21. The number of nitrogens with two attached hydrogens (primary N) is 1. The third-order valence-corrected chi connectivity index (χ3v) is 6.53. The maximum Gasteiger partial charge on any atom is 0.497 e. The summed E-state index contributed by atoms with van der Waals surface area (Å²) in [6.45, 7) is 2.27. The van der Waals surface area contributed by atoms with E-state index in [1.807, 2.05) is 0 Å². The highest BCUT2D eigenvalue weighted by molar-refractivity contribution is 6.31. The number of nitrogens with zero attached hydrogens (tertiary/aromatic N) is 6. The molecular weight excluding hydrogens is 545 g/mol. The molecule has 39 heavy (non-hydrogen) atoms. The number of pyridine rings is 1. The zero-order chi connectivity index (χ0) is 27.9. The van der Waals surface area contributed by atoms with Gasteiger partial charge in [-0.3, -0.25) is 20.0 Å². The zero-order valence-electron chi connectivity index (χ0n) is 20.3. The van der Waals surface area contributed by atoms with Crippen LogP contribution in [0, 0.1) is 0 Å². The van der Waals surface area contributed by atoms with Crippen LogP contribution in [0.1, 0.15) is 35.8 Å². The van der Waals surface area contributed by atoms with Crippen LogP contribution in [0.2, 0.25) is 5.02 Å². The summed E-state index contributed by atoms with van der Waals surface area (Å²) in [7, 11) is 0. The molecule has 2 aliphatic heterocycles. The highest BCUT2D eigenvalue weighted by Gasteiger charge is 2.58. The van der Waals surface area contributed by atoms with E-state index >= 15 is 0 Å². The number of carbonyl (C=O) groups is 2. The number of hydrogen-bond acceptors (Lipinski definition) is 10. The van der Waals surface area contributed by atoms with E-state index < -0.39 is 22.7 Å². The summed E-state index contributed by atoms with van der Waals surface area (Å²) in [6.07, 6.45) is -2.47. The van der Waals surface area contributed by atoms with Gasteiger partial charge in [0.15, 0.2) is 5.69 Å². The maximum absolute atomic E-state index is 13.5. The highest BCUT2D eigenvalue weighted by Crippen LogP contribution is 2.50. The quantitative estimate of drug-likeness (QED) is 0.428. The second-order valence-electron chi connectivity index (χ2n) is 8.73. The van der Waals surface area contributed by atoms with Gasteiger partial charge in [-0.1, -0.05) is 23.7 Å². The predicted octanol–water partition coefficient (Wildman–Crippen LogP) is 3.55. The minimum absolute atomic E-state index is 0.0411. The monoisotopic (exact) mass is 565 g/mol. The van der Waals surface area contributed by atoms with Crippen LogP contribution in [0.3, 0.4) is 0 Å². The van der Waals surface area contributed by atoms with Gasteiger partial charge in [-0.25, -0.2) is 14.4 Å². The molecule has 1 amide bonds. The maximum atomic E-state index is 13.5. The number of hydrogen-bond donors (Lipinski definition) is 2. The number of aromatic nitrogens is 3. The molecule has 1 fully saturated rings. The first-order valence-corrected chi connectivity index (χ1v) is 12.1. The van der Waals surface area contributed by atoms with Crippen LogP contribution in [-0.4, -0.2) is 63.8 Å². The Balaban J connectivity index is 1.78. The Morgan fingerprint density at radius 1 is 1.23 bits per heavy atom. The summed E-state index contributed by atoms with van der Waals surface area (Å²) in [5.74, 6) is -3.87. The van der Waals surface area contributed by atoms with Crippen molar-refractivity contribution in [1.29, 1.82) is 0 Å². The Morgan fingerprint density at radius 3 is 2.59 bits per heavy atom. The highest BCUT2D eigenvalue weighted by atomic mass is 35.5. The summed E-state index contributed by atoms with van der Waals surface area (Å²) in [4.78, 5) is 39.9. The van der Waals surface area contributed by atoms with Crippen molar-refractivity contribution in [1.82, 2.24) is 30.4 Å². The Hall–Kier alpha value is -4.08. The van der Waals surface area contributed by atoms with Crippen molar-refractivity contribution in [3.63, 3.8) is 0 Å². The number of nitrogen functional groups attached to an aromatic ring is 1. The average Bonchev–Trinajstić information content (AvgIpc) is 3.62. The van der Waals surface area contributed by atoms with E-state index in [2.05, 4.69) is 30.3 Å². The number of hydroxylamine groups is 2. The number of nitrogens with one attached hydrogen (secondary N) is 1. The van der Waals surface area contributed by atoms with Gasteiger partial charge in [0, 0.05) is 29.9 Å². The topological polar surface area (TPSA) is 149 Å². The molecule has 3 N–H and O–H groups in total. The molecule has 2 aliphatic rings. The molecule has 1 saturated heterocycles. The molecule has 1 aromatic carbocycles. The number of anilines is 1. The fraction of sp³-hybridized carbons (Fsp3) is 0.304. The molecule has 4 heterocycles. The molecule has 1 atom stereocenters. The van der Waals surface area contributed by atoms with Crippen LogP contribution >= 0.6 is 11.6 Å². The number of aliphatic imine (C=N–C) groups is 1. The largest absolute Gasteiger partial charge is 0.497 e. The fourth-order valence-electron chi connectivity index (χ4n) is 4.53. The van der Waals surface area contributed by atoms with E-state index in [1.165, 1.54) is 13.1 Å². The van der Waals surface area contributed by atoms with E-state index in [4.69, 9.17) is 22.2 Å². The van der Waals surface area contributed by atoms with Crippen molar-refractivity contribution in [2.45, 2.75) is 25.9 Å². The van der Waals surface area contributed by atoms with Crippen molar-refractivity contribution in [3.05, 3.63) is 46.7 Å². The number of amidine groups is 1. The number of amides is 1. The first-order valence-electron chi connectivity index (χ1n) is 11.8. The van der Waals surface area contributed by atoms with Gasteiger partial charge in [0.2, 0.25) is 17.2 Å². The molecule has 0 saturated carbocycles. The molecule has 0 spiro atoms. The second-order valence-corrected chi connectivity index (χ2v) is 9.17. The van der Waals surface area contributed by atoms with Crippen molar-refractivity contribution in [3.8, 4) is 11.3 Å². The second kappa shape index (κ2) is 9.91. The zero-order valence-corrected chi connectivity index (χ0v) is 21.1. The van der Waals surface area contributed by atoms with E-state index in [9.17, 15) is 22.8 Å². The van der Waals surface area contributed by atoms with Gasteiger partial charge in [-0.15, -0.1) is 0 Å². The smallest absolute Gasteiger partial charge is 0.379 e. The van der Waals surface area contributed by atoms with Gasteiger partial charge in [0.25, 0.3) is 5.91 Å². The van der Waals surface area contributed by atoms with Gasteiger partial charge < -0.3 is 5.73 Å². The first kappa shape index (κ1) is 26.5. The van der Waals surface area contributed by atoms with Crippen LogP contribution in [0.5, 0.6) is 0 Å². The van der Waals surface area contributed by atoms with E-state index in [-0.39, 0.29) is 46.5 Å². The number of carbonyl (C=O) groups excluding carboxylic acids is 2. The van der Waals surface area contributed by atoms with Gasteiger partial charge in [-0.2, -0.15) is 18.2 Å². The van der Waals surface area contributed by atoms with E-state index in [0.29, 0.717) is 23.7 Å². The molecule has 3 aromatic rings. The third-order valence-electron chi connectivity index (χ3n) is 6.30. The number of halogens is 4. The summed E-state index contributed by atoms with van der Waals surface area (Å²) >= 11 is 6.18. The Bertz CT molecular complexity index is 1490. The van der Waals surface area contributed by atoms with E-state index in [1.54, 1.807) is 29.3 Å². The van der Waals surface area contributed by atoms with Crippen molar-refractivity contribution >= 4 is 46.5 Å². The van der Waals surface area contributed by atoms with E-state index in [0.717, 1.165) is 12.8 Å². The number of fused-ring (bicyclic) bond motifs is 1. The number of quaternary nitrogens is 1. The van der Waals surface area contributed by atoms with Crippen LogP contribution < -0.4 is 15.8 Å². The molecular formula is C23H21ClF3N8O4+. The van der Waals surface area contributed by atoms with Crippen molar-refractivity contribution in [2.75, 3.05) is 25.4 Å². The lowest BCUT2D eigenvalue weighted by Crippen LogP contribution is -2.56. The summed E-state index contributed by atoms with van der Waals surface area (Å²) < 4.78 is 44.0.